The molecule has 7 nitrogen and oxygen atoms in total. The molecule has 20 heavy (non-hydrogen) atoms. The molecule has 1 amide bonds. The minimum absolute atomic E-state index is 0.163. The van der Waals surface area contributed by atoms with Gasteiger partial charge >= 0.3 is 12.1 Å². The lowest BCUT2D eigenvalue weighted by Crippen LogP contribution is -2.39. The van der Waals surface area contributed by atoms with Gasteiger partial charge in [0.1, 0.15) is 5.60 Å². The third-order valence-electron chi connectivity index (χ3n) is 2.32. The molecule has 0 aliphatic carbocycles. The molecule has 0 bridgehead atoms. The van der Waals surface area contributed by atoms with Gasteiger partial charge in [-0.3, -0.25) is 9.36 Å². The van der Waals surface area contributed by atoms with Crippen LogP contribution in [0.1, 0.15) is 44.2 Å². The van der Waals surface area contributed by atoms with Crippen molar-refractivity contribution in [2.24, 2.45) is 0 Å². The second-order valence-electron chi connectivity index (χ2n) is 5.24. The Morgan fingerprint density at radius 2 is 1.95 bits per heavy atom. The van der Waals surface area contributed by atoms with E-state index in [2.05, 4.69) is 5.32 Å². The fraction of sp³-hybridized carbons (Fsp3) is 0.462. The minimum atomic E-state index is -1.36. The number of ether oxygens (including phenoxy) is 1. The fourth-order valence-electron chi connectivity index (χ4n) is 1.60. The predicted molar refractivity (Wildman–Crippen MR) is 70.5 cm³/mol. The minimum Gasteiger partial charge on any atom is -0.479 e. The lowest BCUT2D eigenvalue weighted by molar-refractivity contribution is -0.139. The predicted octanol–water partition coefficient (Wildman–Crippen LogP) is 1.80. The van der Waals surface area contributed by atoms with Crippen LogP contribution in [0.3, 0.4) is 0 Å². The van der Waals surface area contributed by atoms with Gasteiger partial charge in [-0.15, -0.1) is 0 Å². The van der Waals surface area contributed by atoms with Crippen LogP contribution < -0.4 is 5.32 Å². The van der Waals surface area contributed by atoms with Crippen LogP contribution in [0.25, 0.3) is 0 Å². The summed E-state index contributed by atoms with van der Waals surface area (Å²) in [4.78, 5) is 34.3. The summed E-state index contributed by atoms with van der Waals surface area (Å²) < 4.78 is 6.17. The molecule has 7 heteroatoms. The molecule has 0 saturated carbocycles. The molecule has 1 aromatic rings. The Bertz CT molecular complexity index is 527. The second kappa shape index (κ2) is 5.77. The zero-order chi connectivity index (χ0) is 15.5. The van der Waals surface area contributed by atoms with Crippen LogP contribution in [-0.4, -0.2) is 33.2 Å². The van der Waals surface area contributed by atoms with Gasteiger partial charge < -0.3 is 15.2 Å². The third kappa shape index (κ3) is 4.11. The highest BCUT2D eigenvalue weighted by molar-refractivity contribution is 5.84. The number of hydrogen-bond acceptors (Lipinski definition) is 4. The van der Waals surface area contributed by atoms with E-state index in [1.807, 2.05) is 0 Å². The number of nitrogens with zero attached hydrogens (tertiary/aromatic N) is 1. The zero-order valence-corrected chi connectivity index (χ0v) is 11.8. The number of alkyl carbamates (subject to hydrolysis) is 1. The van der Waals surface area contributed by atoms with Crippen LogP contribution in [0.4, 0.5) is 4.79 Å². The maximum atomic E-state index is 11.7. The molecular formula is C13H18N2O5. The smallest absolute Gasteiger partial charge is 0.408 e. The lowest BCUT2D eigenvalue weighted by Gasteiger charge is -2.22. The van der Waals surface area contributed by atoms with Gasteiger partial charge in [0.05, 0.1) is 5.69 Å². The summed E-state index contributed by atoms with van der Waals surface area (Å²) >= 11 is 0. The first-order chi connectivity index (χ1) is 9.11. The van der Waals surface area contributed by atoms with E-state index >= 15 is 0 Å². The van der Waals surface area contributed by atoms with E-state index in [1.54, 1.807) is 20.8 Å². The van der Waals surface area contributed by atoms with Gasteiger partial charge in [0.15, 0.2) is 6.04 Å². The van der Waals surface area contributed by atoms with E-state index < -0.39 is 23.7 Å². The van der Waals surface area contributed by atoms with Crippen molar-refractivity contribution in [3.63, 3.8) is 0 Å². The standard InChI is InChI=1S/C13H18N2O5/c1-8(16)15-7-5-6-9(15)10(11(17)18)14-12(19)20-13(2,3)4/h5-7,10H,1-4H3,(H,14,19)(H,17,18)/t10-/m1/s1. The number of carboxylic acids is 1. The number of aromatic nitrogens is 1. The summed E-state index contributed by atoms with van der Waals surface area (Å²) in [5.41, 5.74) is -0.578. The fourth-order valence-corrected chi connectivity index (χ4v) is 1.60. The Morgan fingerprint density at radius 3 is 2.40 bits per heavy atom. The van der Waals surface area contributed by atoms with Crippen LogP contribution in [0, 0.1) is 0 Å². The van der Waals surface area contributed by atoms with Crippen molar-refractivity contribution in [2.45, 2.75) is 39.3 Å². The summed E-state index contributed by atoms with van der Waals surface area (Å²) in [6.07, 6.45) is 0.575. The number of carbonyl (C=O) groups excluding carboxylic acids is 2. The van der Waals surface area contributed by atoms with Gasteiger partial charge in [-0.2, -0.15) is 0 Å². The van der Waals surface area contributed by atoms with Crippen molar-refractivity contribution >= 4 is 18.0 Å². The number of hydrogen-bond donors (Lipinski definition) is 2. The molecule has 0 spiro atoms. The number of aliphatic carboxylic acids is 1. The summed E-state index contributed by atoms with van der Waals surface area (Å²) in [5.74, 6) is -1.63. The van der Waals surface area contributed by atoms with Gasteiger partial charge in [-0.05, 0) is 32.9 Å². The van der Waals surface area contributed by atoms with Crippen LogP contribution >= 0.6 is 0 Å². The Kier molecular flexibility index (Phi) is 4.54. The molecule has 0 fully saturated rings. The summed E-state index contributed by atoms with van der Waals surface area (Å²) in [6, 6.07) is 1.63. The van der Waals surface area contributed by atoms with E-state index in [0.29, 0.717) is 0 Å². The van der Waals surface area contributed by atoms with E-state index in [4.69, 9.17) is 4.74 Å². The molecule has 0 unspecified atom stereocenters. The van der Waals surface area contributed by atoms with Crippen molar-refractivity contribution in [3.05, 3.63) is 24.0 Å². The molecule has 0 saturated heterocycles. The Morgan fingerprint density at radius 1 is 1.35 bits per heavy atom. The molecule has 1 aromatic heterocycles. The maximum absolute atomic E-state index is 11.7. The van der Waals surface area contributed by atoms with Gasteiger partial charge in [-0.25, -0.2) is 9.59 Å². The van der Waals surface area contributed by atoms with Crippen molar-refractivity contribution in [1.82, 2.24) is 9.88 Å². The SMILES string of the molecule is CC(=O)n1cccc1[C@@H](NC(=O)OC(C)(C)C)C(=O)O. The first-order valence-corrected chi connectivity index (χ1v) is 6.02. The van der Waals surface area contributed by atoms with Crippen LogP contribution in [0.2, 0.25) is 0 Å². The van der Waals surface area contributed by atoms with E-state index in [1.165, 1.54) is 25.3 Å². The van der Waals surface area contributed by atoms with E-state index in [0.717, 1.165) is 4.57 Å². The first-order valence-electron chi connectivity index (χ1n) is 6.02. The Hall–Kier alpha value is -2.31. The van der Waals surface area contributed by atoms with Crippen molar-refractivity contribution in [1.29, 1.82) is 0 Å². The summed E-state index contributed by atoms with van der Waals surface area (Å²) in [5, 5.41) is 11.4. The third-order valence-corrected chi connectivity index (χ3v) is 2.32. The molecule has 110 valence electrons. The molecule has 0 aromatic carbocycles. The highest BCUT2D eigenvalue weighted by Crippen LogP contribution is 2.16. The number of carboxylic acid groups (broad SMARTS) is 1. The molecular weight excluding hydrogens is 264 g/mol. The lowest BCUT2D eigenvalue weighted by atomic mass is 10.2. The maximum Gasteiger partial charge on any atom is 0.408 e. The largest absolute Gasteiger partial charge is 0.479 e. The van der Waals surface area contributed by atoms with Gasteiger partial charge in [0.25, 0.3) is 0 Å². The number of nitrogens with one attached hydrogen (secondary N) is 1. The average molecular weight is 282 g/mol. The first kappa shape index (κ1) is 15.7. The van der Waals surface area contributed by atoms with Crippen LogP contribution in [0.5, 0.6) is 0 Å². The number of rotatable bonds is 3. The highest BCUT2D eigenvalue weighted by Gasteiger charge is 2.28. The van der Waals surface area contributed by atoms with Crippen LogP contribution in [-0.2, 0) is 9.53 Å². The summed E-state index contributed by atoms with van der Waals surface area (Å²) in [6.45, 7) is 6.30. The zero-order valence-electron chi connectivity index (χ0n) is 11.8. The average Bonchev–Trinajstić information content (AvgIpc) is 2.71. The quantitative estimate of drug-likeness (QED) is 0.881. The van der Waals surface area contributed by atoms with Gasteiger partial charge in [-0.1, -0.05) is 0 Å². The molecule has 1 rings (SSSR count). The summed E-state index contributed by atoms with van der Waals surface area (Å²) in [7, 11) is 0. The topological polar surface area (TPSA) is 97.6 Å². The highest BCUT2D eigenvalue weighted by atomic mass is 16.6. The molecule has 1 atom stereocenters. The second-order valence-corrected chi connectivity index (χ2v) is 5.24. The van der Waals surface area contributed by atoms with Gasteiger partial charge in [0, 0.05) is 13.1 Å². The van der Waals surface area contributed by atoms with Crippen molar-refractivity contribution < 1.29 is 24.2 Å². The normalized spacial score (nSPS) is 12.6. The molecule has 0 aliphatic heterocycles. The Balaban J connectivity index is 2.96. The molecule has 0 aliphatic rings. The van der Waals surface area contributed by atoms with Crippen molar-refractivity contribution in [2.75, 3.05) is 0 Å². The van der Waals surface area contributed by atoms with Crippen LogP contribution in [0.15, 0.2) is 18.3 Å². The molecule has 2 N–H and O–H groups in total. The van der Waals surface area contributed by atoms with E-state index in [9.17, 15) is 19.5 Å². The molecule has 1 heterocycles. The Labute approximate surface area is 116 Å². The monoisotopic (exact) mass is 282 g/mol. The number of amides is 1. The number of carbonyl (C=O) groups is 3. The molecule has 0 radical (unpaired) electrons. The van der Waals surface area contributed by atoms with E-state index in [-0.39, 0.29) is 11.6 Å². The van der Waals surface area contributed by atoms with Crippen molar-refractivity contribution in [3.8, 4) is 0 Å². The van der Waals surface area contributed by atoms with Gasteiger partial charge in [0.2, 0.25) is 5.91 Å².